The van der Waals surface area contributed by atoms with Gasteiger partial charge < -0.3 is 0 Å². The Hall–Kier alpha value is -0.660. The van der Waals surface area contributed by atoms with E-state index in [1.165, 1.54) is 0 Å². The lowest BCUT2D eigenvalue weighted by Gasteiger charge is -2.30. The molecule has 0 saturated heterocycles. The molecule has 4 atom stereocenters. The average molecular weight is 194 g/mol. The first kappa shape index (κ1) is 9.88. The molecule has 2 nitrogen and oxygen atoms in total. The summed E-state index contributed by atoms with van der Waals surface area (Å²) in [5.41, 5.74) is 0. The maximum absolute atomic E-state index is 11.7. The van der Waals surface area contributed by atoms with E-state index >= 15 is 0 Å². The molecule has 0 amide bonds. The second-order valence-electron chi connectivity index (χ2n) is 5.04. The van der Waals surface area contributed by atoms with E-state index in [-0.39, 0.29) is 11.8 Å². The van der Waals surface area contributed by atoms with Crippen LogP contribution in [0.15, 0.2) is 0 Å². The normalized spacial score (nSPS) is 42.3. The van der Waals surface area contributed by atoms with Crippen molar-refractivity contribution >= 4 is 11.6 Å². The first-order chi connectivity index (χ1) is 6.59. The van der Waals surface area contributed by atoms with Gasteiger partial charge in [-0.15, -0.1) is 0 Å². The van der Waals surface area contributed by atoms with Crippen LogP contribution in [-0.4, -0.2) is 11.6 Å². The summed E-state index contributed by atoms with van der Waals surface area (Å²) < 4.78 is 0. The summed E-state index contributed by atoms with van der Waals surface area (Å²) in [5.74, 6) is 1.93. The van der Waals surface area contributed by atoms with Gasteiger partial charge in [0.05, 0.1) is 0 Å². The number of hydrogen-bond donors (Lipinski definition) is 0. The fourth-order valence-electron chi connectivity index (χ4n) is 3.18. The largest absolute Gasteiger partial charge is 0.300 e. The fourth-order valence-corrected chi connectivity index (χ4v) is 3.18. The van der Waals surface area contributed by atoms with Crippen molar-refractivity contribution < 1.29 is 9.59 Å². The van der Waals surface area contributed by atoms with Gasteiger partial charge in [0.2, 0.25) is 0 Å². The quantitative estimate of drug-likeness (QED) is 0.641. The van der Waals surface area contributed by atoms with Crippen LogP contribution >= 0.6 is 0 Å². The summed E-state index contributed by atoms with van der Waals surface area (Å²) in [6.07, 6.45) is 3.71. The molecular weight excluding hydrogens is 176 g/mol. The molecule has 3 rings (SSSR count). The van der Waals surface area contributed by atoms with Gasteiger partial charge in [-0.25, -0.2) is 0 Å². The molecule has 2 heteroatoms. The van der Waals surface area contributed by atoms with E-state index < -0.39 is 0 Å². The number of carbonyl (C=O) groups is 2. The van der Waals surface area contributed by atoms with Crippen LogP contribution in [0.5, 0.6) is 0 Å². The van der Waals surface area contributed by atoms with Crippen molar-refractivity contribution in [3.8, 4) is 0 Å². The first-order valence-corrected chi connectivity index (χ1v) is 5.62. The molecule has 0 aromatic carbocycles. The van der Waals surface area contributed by atoms with Crippen molar-refractivity contribution in [2.75, 3.05) is 0 Å². The highest BCUT2D eigenvalue weighted by molar-refractivity contribution is 5.87. The van der Waals surface area contributed by atoms with Crippen molar-refractivity contribution in [2.24, 2.45) is 23.7 Å². The van der Waals surface area contributed by atoms with Crippen LogP contribution in [0, 0.1) is 23.7 Å². The third-order valence-electron chi connectivity index (χ3n) is 4.16. The minimum absolute atomic E-state index is 0.183. The zero-order valence-electron chi connectivity index (χ0n) is 8.95. The molecule has 3 aliphatic carbocycles. The third-order valence-corrected chi connectivity index (χ3v) is 4.16. The summed E-state index contributed by atoms with van der Waals surface area (Å²) in [4.78, 5) is 23.2. The lowest BCUT2D eigenvalue weighted by molar-refractivity contribution is -0.132. The molecule has 14 heavy (non-hydrogen) atoms. The highest BCUT2D eigenvalue weighted by Crippen LogP contribution is 2.43. The molecule has 0 heterocycles. The zero-order valence-corrected chi connectivity index (χ0v) is 8.95. The molecule has 3 saturated carbocycles. The zero-order chi connectivity index (χ0) is 10.3. The van der Waals surface area contributed by atoms with E-state index in [2.05, 4.69) is 6.92 Å². The van der Waals surface area contributed by atoms with Gasteiger partial charge in [-0.3, -0.25) is 9.59 Å². The molecule has 3 fully saturated rings. The van der Waals surface area contributed by atoms with E-state index in [4.69, 9.17) is 0 Å². The predicted octanol–water partition coefficient (Wildman–Crippen LogP) is 2.22. The maximum Gasteiger partial charge on any atom is 0.136 e. The minimum Gasteiger partial charge on any atom is -0.300 e. The number of fused-ring (bicyclic) bond motifs is 4. The predicted molar refractivity (Wildman–Crippen MR) is 53.8 cm³/mol. The summed E-state index contributed by atoms with van der Waals surface area (Å²) in [7, 11) is 0. The lowest BCUT2D eigenvalue weighted by Crippen LogP contribution is -2.34. The van der Waals surface area contributed by atoms with Crippen LogP contribution in [0.25, 0.3) is 0 Å². The Balaban J connectivity index is 2.24. The van der Waals surface area contributed by atoms with E-state index in [9.17, 15) is 9.59 Å². The Morgan fingerprint density at radius 2 is 2.07 bits per heavy atom. The number of Topliss-reactive ketones (excluding diaryl/α,β-unsaturated/α-hetero) is 2. The van der Waals surface area contributed by atoms with Crippen molar-refractivity contribution in [1.82, 2.24) is 0 Å². The summed E-state index contributed by atoms with van der Waals surface area (Å²) in [6.45, 7) is 3.84. The van der Waals surface area contributed by atoms with Crippen molar-refractivity contribution in [1.29, 1.82) is 0 Å². The Kier molecular flexibility index (Phi) is 2.46. The average Bonchev–Trinajstić information content (AvgIpc) is 2.34. The van der Waals surface area contributed by atoms with Crippen LogP contribution < -0.4 is 0 Å². The number of hydrogen-bond acceptors (Lipinski definition) is 2. The fraction of sp³-hybridized carbons (Fsp3) is 0.833. The first-order valence-electron chi connectivity index (χ1n) is 5.62. The van der Waals surface area contributed by atoms with Crippen LogP contribution in [-0.2, 0) is 9.59 Å². The number of carbonyl (C=O) groups excluding carboxylic acids is 2. The monoisotopic (exact) mass is 194 g/mol. The molecule has 0 N–H and O–H groups in total. The molecule has 0 aromatic heterocycles. The van der Waals surface area contributed by atoms with Gasteiger partial charge >= 0.3 is 0 Å². The van der Waals surface area contributed by atoms with Crippen molar-refractivity contribution in [2.45, 2.75) is 39.5 Å². The maximum atomic E-state index is 11.7. The highest BCUT2D eigenvalue weighted by Gasteiger charge is 2.43. The third kappa shape index (κ3) is 1.51. The van der Waals surface area contributed by atoms with Gasteiger partial charge in [0.1, 0.15) is 11.6 Å². The topological polar surface area (TPSA) is 34.1 Å². The lowest BCUT2D eigenvalue weighted by atomic mass is 9.72. The Morgan fingerprint density at radius 1 is 1.36 bits per heavy atom. The highest BCUT2D eigenvalue weighted by atomic mass is 16.1. The van der Waals surface area contributed by atoms with Gasteiger partial charge in [0.25, 0.3) is 0 Å². The van der Waals surface area contributed by atoms with E-state index in [0.29, 0.717) is 29.8 Å². The minimum atomic E-state index is 0.183. The molecule has 0 aromatic rings. The second kappa shape index (κ2) is 3.48. The Morgan fingerprint density at radius 3 is 2.71 bits per heavy atom. The van der Waals surface area contributed by atoms with Crippen LogP contribution in [0.2, 0.25) is 0 Å². The summed E-state index contributed by atoms with van der Waals surface area (Å²) in [5, 5.41) is 0. The molecule has 0 spiro atoms. The van der Waals surface area contributed by atoms with Gasteiger partial charge in [0.15, 0.2) is 0 Å². The Labute approximate surface area is 85.1 Å². The molecule has 0 aliphatic heterocycles. The standard InChI is InChI=1S/C12H18O2/c1-7-3-4-9-5-12(14)10(7)6-11(9)8(2)13/h7,9-11H,3-6H2,1-2H3/t7-,9-,10+,11+/m1/s1. The van der Waals surface area contributed by atoms with E-state index in [0.717, 1.165) is 19.3 Å². The van der Waals surface area contributed by atoms with Crippen molar-refractivity contribution in [3.05, 3.63) is 0 Å². The van der Waals surface area contributed by atoms with Crippen LogP contribution in [0.3, 0.4) is 0 Å². The smallest absolute Gasteiger partial charge is 0.136 e. The second-order valence-corrected chi connectivity index (χ2v) is 5.04. The van der Waals surface area contributed by atoms with Crippen molar-refractivity contribution in [3.63, 3.8) is 0 Å². The van der Waals surface area contributed by atoms with Crippen LogP contribution in [0.1, 0.15) is 39.5 Å². The van der Waals surface area contributed by atoms with Gasteiger partial charge in [-0.05, 0) is 38.0 Å². The molecule has 3 aliphatic rings. The molecule has 0 unspecified atom stereocenters. The molecule has 2 bridgehead atoms. The number of ketones is 2. The molecule has 0 radical (unpaired) electrons. The Bertz CT molecular complexity index is 269. The molecular formula is C12H18O2. The van der Waals surface area contributed by atoms with Gasteiger partial charge in [0, 0.05) is 18.3 Å². The SMILES string of the molecule is CC(=O)[C@@H]1C[C@@H]2C(=O)C[C@H]1CC[C@H]2C. The number of rotatable bonds is 1. The van der Waals surface area contributed by atoms with E-state index in [1.54, 1.807) is 6.92 Å². The van der Waals surface area contributed by atoms with Gasteiger partial charge in [-0.2, -0.15) is 0 Å². The summed E-state index contributed by atoms with van der Waals surface area (Å²) >= 11 is 0. The van der Waals surface area contributed by atoms with Crippen LogP contribution in [0.4, 0.5) is 0 Å². The summed E-state index contributed by atoms with van der Waals surface area (Å²) in [6, 6.07) is 0. The molecule has 78 valence electrons. The van der Waals surface area contributed by atoms with Gasteiger partial charge in [-0.1, -0.05) is 6.92 Å². The van der Waals surface area contributed by atoms with E-state index in [1.807, 2.05) is 0 Å².